The number of anilines is 1. The van der Waals surface area contributed by atoms with E-state index in [0.717, 1.165) is 5.56 Å². The van der Waals surface area contributed by atoms with Gasteiger partial charge in [0.1, 0.15) is 10.6 Å². The van der Waals surface area contributed by atoms with Crippen LogP contribution in [0, 0.1) is 0 Å². The van der Waals surface area contributed by atoms with E-state index in [4.69, 9.17) is 27.9 Å². The molecule has 1 N–H and O–H groups in total. The Balaban J connectivity index is 2.02. The Hall–Kier alpha value is -2.34. The lowest BCUT2D eigenvalue weighted by atomic mass is 10.0. The number of hydrogen-bond donors (Lipinski definition) is 1. The summed E-state index contributed by atoms with van der Waals surface area (Å²) in [4.78, 5) is 25.0. The number of halogens is 2. The largest absolute Gasteiger partial charge is 0.465 e. The van der Waals surface area contributed by atoms with Gasteiger partial charge in [0.05, 0.1) is 22.7 Å². The van der Waals surface area contributed by atoms with Crippen LogP contribution in [0.2, 0.25) is 10.0 Å². The number of benzene rings is 2. The zero-order valence-electron chi connectivity index (χ0n) is 13.6. The van der Waals surface area contributed by atoms with E-state index in [1.807, 2.05) is 30.3 Å². The van der Waals surface area contributed by atoms with Crippen molar-refractivity contribution in [3.63, 3.8) is 0 Å². The van der Waals surface area contributed by atoms with Gasteiger partial charge in [0, 0.05) is 10.9 Å². The zero-order valence-corrected chi connectivity index (χ0v) is 15.9. The molecule has 4 nitrogen and oxygen atoms in total. The van der Waals surface area contributed by atoms with Crippen LogP contribution in [0.1, 0.15) is 20.7 Å². The maximum Gasteiger partial charge on any atom is 0.341 e. The molecule has 0 fully saturated rings. The molecule has 3 aromatic rings. The Morgan fingerprint density at radius 1 is 0.962 bits per heavy atom. The first-order valence-corrected chi connectivity index (χ1v) is 9.17. The fourth-order valence-corrected chi connectivity index (χ4v) is 3.99. The standard InChI is InChI=1S/C19H13Cl2NO3S/c1-25-19(24)15-12(11-6-3-2-4-7-11)10-26-18(15)22-17(23)16-13(20)8-5-9-14(16)21/h2-10H,1H3,(H,22,23). The first-order valence-electron chi connectivity index (χ1n) is 7.53. The van der Waals surface area contributed by atoms with Crippen molar-refractivity contribution in [3.8, 4) is 11.1 Å². The Morgan fingerprint density at radius 3 is 2.23 bits per heavy atom. The molecule has 0 aliphatic heterocycles. The monoisotopic (exact) mass is 405 g/mol. The molecule has 26 heavy (non-hydrogen) atoms. The van der Waals surface area contributed by atoms with Crippen molar-refractivity contribution < 1.29 is 14.3 Å². The van der Waals surface area contributed by atoms with Crippen molar-refractivity contribution in [1.29, 1.82) is 0 Å². The maximum absolute atomic E-state index is 12.6. The van der Waals surface area contributed by atoms with Crippen molar-refractivity contribution in [2.24, 2.45) is 0 Å². The third-order valence-electron chi connectivity index (χ3n) is 3.68. The van der Waals surface area contributed by atoms with Crippen LogP contribution in [0.4, 0.5) is 5.00 Å². The molecule has 1 heterocycles. The van der Waals surface area contributed by atoms with Crippen molar-refractivity contribution in [3.05, 3.63) is 75.1 Å². The molecule has 0 aliphatic carbocycles. The third-order valence-corrected chi connectivity index (χ3v) is 5.21. The predicted octanol–water partition coefficient (Wildman–Crippen LogP) is 5.76. The summed E-state index contributed by atoms with van der Waals surface area (Å²) in [5.74, 6) is -1.03. The average Bonchev–Trinajstić information content (AvgIpc) is 3.05. The first kappa shape index (κ1) is 18.5. The lowest BCUT2D eigenvalue weighted by Crippen LogP contribution is -2.15. The number of methoxy groups -OCH3 is 1. The van der Waals surface area contributed by atoms with E-state index in [-0.39, 0.29) is 15.6 Å². The van der Waals surface area contributed by atoms with Gasteiger partial charge in [0.25, 0.3) is 5.91 Å². The summed E-state index contributed by atoms with van der Waals surface area (Å²) < 4.78 is 4.90. The lowest BCUT2D eigenvalue weighted by Gasteiger charge is -2.09. The molecule has 1 amide bonds. The molecular formula is C19H13Cl2NO3S. The van der Waals surface area contributed by atoms with Crippen molar-refractivity contribution in [2.75, 3.05) is 12.4 Å². The molecule has 0 unspecified atom stereocenters. The Bertz CT molecular complexity index is 950. The summed E-state index contributed by atoms with van der Waals surface area (Å²) in [6.07, 6.45) is 0. The van der Waals surface area contributed by atoms with E-state index >= 15 is 0 Å². The number of hydrogen-bond acceptors (Lipinski definition) is 4. The fraction of sp³-hybridized carbons (Fsp3) is 0.0526. The number of carbonyl (C=O) groups excluding carboxylic acids is 2. The second kappa shape index (κ2) is 7.91. The summed E-state index contributed by atoms with van der Waals surface area (Å²) in [6.45, 7) is 0. The molecule has 2 aromatic carbocycles. The van der Waals surface area contributed by atoms with Gasteiger partial charge in [-0.05, 0) is 17.7 Å². The highest BCUT2D eigenvalue weighted by Gasteiger charge is 2.24. The molecule has 0 aliphatic rings. The van der Waals surface area contributed by atoms with E-state index < -0.39 is 11.9 Å². The highest BCUT2D eigenvalue weighted by molar-refractivity contribution is 7.15. The number of carbonyl (C=O) groups is 2. The van der Waals surface area contributed by atoms with Crippen molar-refractivity contribution in [2.45, 2.75) is 0 Å². The van der Waals surface area contributed by atoms with Crippen LogP contribution < -0.4 is 5.32 Å². The van der Waals surface area contributed by atoms with Gasteiger partial charge in [0.15, 0.2) is 0 Å². The van der Waals surface area contributed by atoms with Gasteiger partial charge in [-0.2, -0.15) is 0 Å². The van der Waals surface area contributed by atoms with Crippen LogP contribution >= 0.6 is 34.5 Å². The number of esters is 1. The summed E-state index contributed by atoms with van der Waals surface area (Å²) in [5.41, 5.74) is 1.98. The number of ether oxygens (including phenoxy) is 1. The van der Waals surface area contributed by atoms with Crippen molar-refractivity contribution >= 4 is 51.4 Å². The molecule has 0 spiro atoms. The van der Waals surface area contributed by atoms with Gasteiger partial charge in [-0.25, -0.2) is 4.79 Å². The second-order valence-corrected chi connectivity index (χ2v) is 6.96. The Kier molecular flexibility index (Phi) is 5.61. The second-order valence-electron chi connectivity index (χ2n) is 5.26. The molecule has 0 radical (unpaired) electrons. The van der Waals surface area contributed by atoms with E-state index in [1.54, 1.807) is 23.6 Å². The number of thiophene rings is 1. The normalized spacial score (nSPS) is 10.4. The quantitative estimate of drug-likeness (QED) is 0.561. The van der Waals surface area contributed by atoms with Crippen LogP contribution in [0.3, 0.4) is 0 Å². The van der Waals surface area contributed by atoms with Crippen LogP contribution in [-0.2, 0) is 4.74 Å². The number of rotatable bonds is 4. The maximum atomic E-state index is 12.6. The Labute approximate surface area is 164 Å². The number of amides is 1. The minimum atomic E-state index is -0.536. The first-order chi connectivity index (χ1) is 12.5. The average molecular weight is 406 g/mol. The van der Waals surface area contributed by atoms with Gasteiger partial charge in [-0.3, -0.25) is 4.79 Å². The SMILES string of the molecule is COC(=O)c1c(-c2ccccc2)csc1NC(=O)c1c(Cl)cccc1Cl. The Morgan fingerprint density at radius 2 is 1.62 bits per heavy atom. The highest BCUT2D eigenvalue weighted by Crippen LogP contribution is 2.37. The zero-order chi connectivity index (χ0) is 18.7. The van der Waals surface area contributed by atoms with E-state index in [0.29, 0.717) is 16.1 Å². The minimum absolute atomic E-state index is 0.154. The lowest BCUT2D eigenvalue weighted by molar-refractivity contribution is 0.0603. The molecule has 3 rings (SSSR count). The van der Waals surface area contributed by atoms with Gasteiger partial charge >= 0.3 is 5.97 Å². The highest BCUT2D eigenvalue weighted by atomic mass is 35.5. The fourth-order valence-electron chi connectivity index (χ4n) is 2.47. The molecule has 132 valence electrons. The predicted molar refractivity (Wildman–Crippen MR) is 106 cm³/mol. The van der Waals surface area contributed by atoms with Gasteiger partial charge in [0.2, 0.25) is 0 Å². The minimum Gasteiger partial charge on any atom is -0.465 e. The molecule has 1 aromatic heterocycles. The third kappa shape index (κ3) is 3.60. The van der Waals surface area contributed by atoms with Gasteiger partial charge in [-0.1, -0.05) is 59.6 Å². The topological polar surface area (TPSA) is 55.4 Å². The molecule has 7 heteroatoms. The summed E-state index contributed by atoms with van der Waals surface area (Å²) in [6, 6.07) is 14.2. The van der Waals surface area contributed by atoms with E-state index in [2.05, 4.69) is 5.32 Å². The number of nitrogens with one attached hydrogen (secondary N) is 1. The van der Waals surface area contributed by atoms with Gasteiger partial charge < -0.3 is 10.1 Å². The molecule has 0 atom stereocenters. The molecule has 0 saturated carbocycles. The van der Waals surface area contributed by atoms with Gasteiger partial charge in [-0.15, -0.1) is 11.3 Å². The molecule has 0 saturated heterocycles. The van der Waals surface area contributed by atoms with Crippen LogP contribution in [0.25, 0.3) is 11.1 Å². The van der Waals surface area contributed by atoms with E-state index in [9.17, 15) is 9.59 Å². The smallest absolute Gasteiger partial charge is 0.341 e. The van der Waals surface area contributed by atoms with Crippen LogP contribution in [0.5, 0.6) is 0 Å². The van der Waals surface area contributed by atoms with Crippen LogP contribution in [-0.4, -0.2) is 19.0 Å². The summed E-state index contributed by atoms with van der Waals surface area (Å²) >= 11 is 13.4. The van der Waals surface area contributed by atoms with Crippen molar-refractivity contribution in [1.82, 2.24) is 0 Å². The summed E-state index contributed by atoms with van der Waals surface area (Å²) in [7, 11) is 1.30. The molecular weight excluding hydrogens is 393 g/mol. The van der Waals surface area contributed by atoms with Crippen LogP contribution in [0.15, 0.2) is 53.9 Å². The molecule has 0 bridgehead atoms. The summed E-state index contributed by atoms with van der Waals surface area (Å²) in [5, 5.41) is 5.35. The van der Waals surface area contributed by atoms with E-state index in [1.165, 1.54) is 18.4 Å².